The number of benzene rings is 2. The van der Waals surface area contributed by atoms with E-state index in [2.05, 4.69) is 5.10 Å². The van der Waals surface area contributed by atoms with E-state index in [-0.39, 0.29) is 5.56 Å². The largest absolute Gasteiger partial charge is 0.354 e. The minimum atomic E-state index is -3.59. The van der Waals surface area contributed by atoms with E-state index in [0.29, 0.717) is 49.0 Å². The molecule has 0 spiro atoms. The molecule has 1 aliphatic rings. The van der Waals surface area contributed by atoms with Crippen molar-refractivity contribution in [2.24, 2.45) is 0 Å². The van der Waals surface area contributed by atoms with E-state index in [1.807, 2.05) is 62.9 Å². The summed E-state index contributed by atoms with van der Waals surface area (Å²) < 4.78 is 29.8. The Morgan fingerprint density at radius 3 is 2.21 bits per heavy atom. The molecule has 33 heavy (non-hydrogen) atoms. The molecule has 174 valence electrons. The van der Waals surface area contributed by atoms with Crippen molar-refractivity contribution in [3.8, 4) is 5.69 Å². The molecule has 4 rings (SSSR count). The zero-order valence-electron chi connectivity index (χ0n) is 19.6. The summed E-state index contributed by atoms with van der Waals surface area (Å²) in [5.41, 5.74) is 4.44. The molecule has 8 heteroatoms. The fourth-order valence-electron chi connectivity index (χ4n) is 4.16. The summed E-state index contributed by atoms with van der Waals surface area (Å²) in [7, 11) is -3.59. The van der Waals surface area contributed by atoms with Crippen LogP contribution in [0.3, 0.4) is 0 Å². The lowest BCUT2D eigenvalue weighted by Gasteiger charge is -2.23. The van der Waals surface area contributed by atoms with Crippen molar-refractivity contribution >= 4 is 15.8 Å². The first kappa shape index (κ1) is 23.2. The Kier molecular flexibility index (Phi) is 6.41. The quantitative estimate of drug-likeness (QED) is 0.589. The monoisotopic (exact) mass is 466 g/mol. The molecule has 0 N–H and O–H groups in total. The summed E-state index contributed by atoms with van der Waals surface area (Å²) in [4.78, 5) is 14.9. The maximum atomic E-state index is 13.4. The SMILES string of the molecule is Cc1ccc(-n2nc(N3CCCN(S(=O)(=O)c4cc(C)c(C)cc4C)CC3)ccc2=O)cc1. The van der Waals surface area contributed by atoms with E-state index in [4.69, 9.17) is 0 Å². The third-order valence-electron chi connectivity index (χ3n) is 6.25. The first-order valence-corrected chi connectivity index (χ1v) is 12.6. The normalized spacial score (nSPS) is 15.5. The Balaban J connectivity index is 1.58. The zero-order valence-corrected chi connectivity index (χ0v) is 20.4. The van der Waals surface area contributed by atoms with E-state index in [1.165, 1.54) is 10.7 Å². The minimum absolute atomic E-state index is 0.202. The molecular weight excluding hydrogens is 436 g/mol. The van der Waals surface area contributed by atoms with Crippen LogP contribution in [0.1, 0.15) is 28.7 Å². The second kappa shape index (κ2) is 9.11. The topological polar surface area (TPSA) is 75.5 Å². The molecule has 0 atom stereocenters. The van der Waals surface area contributed by atoms with Crippen molar-refractivity contribution in [3.63, 3.8) is 0 Å². The molecule has 0 amide bonds. The predicted octanol–water partition coefficient (Wildman–Crippen LogP) is 3.37. The van der Waals surface area contributed by atoms with E-state index >= 15 is 0 Å². The average Bonchev–Trinajstić information content (AvgIpc) is 3.04. The lowest BCUT2D eigenvalue weighted by atomic mass is 10.1. The van der Waals surface area contributed by atoms with Crippen LogP contribution in [0, 0.1) is 27.7 Å². The Morgan fingerprint density at radius 2 is 1.48 bits per heavy atom. The highest BCUT2D eigenvalue weighted by molar-refractivity contribution is 7.89. The number of hydrogen-bond donors (Lipinski definition) is 0. The number of rotatable bonds is 4. The number of aryl methyl sites for hydroxylation is 4. The van der Waals surface area contributed by atoms with Gasteiger partial charge in [0.25, 0.3) is 5.56 Å². The molecule has 3 aromatic rings. The fourth-order valence-corrected chi connectivity index (χ4v) is 5.92. The summed E-state index contributed by atoms with van der Waals surface area (Å²) >= 11 is 0. The highest BCUT2D eigenvalue weighted by atomic mass is 32.2. The average molecular weight is 467 g/mol. The Bertz CT molecular complexity index is 1330. The van der Waals surface area contributed by atoms with Gasteiger partial charge in [0.1, 0.15) is 5.82 Å². The molecule has 0 bridgehead atoms. The third-order valence-corrected chi connectivity index (χ3v) is 8.29. The molecule has 1 aromatic heterocycles. The van der Waals surface area contributed by atoms with Crippen LogP contribution in [0.15, 0.2) is 58.2 Å². The Hall–Kier alpha value is -2.97. The van der Waals surface area contributed by atoms with Crippen molar-refractivity contribution in [3.05, 3.63) is 81.1 Å². The summed E-state index contributed by atoms with van der Waals surface area (Å²) in [6.45, 7) is 9.74. The minimum Gasteiger partial charge on any atom is -0.354 e. The van der Waals surface area contributed by atoms with Gasteiger partial charge in [-0.1, -0.05) is 23.8 Å². The van der Waals surface area contributed by atoms with Crippen LogP contribution in [-0.2, 0) is 10.0 Å². The number of nitrogens with zero attached hydrogens (tertiary/aromatic N) is 4. The highest BCUT2D eigenvalue weighted by Crippen LogP contribution is 2.25. The summed E-state index contributed by atoms with van der Waals surface area (Å²) in [6, 6.07) is 14.6. The van der Waals surface area contributed by atoms with E-state index in [0.717, 1.165) is 22.3 Å². The van der Waals surface area contributed by atoms with Crippen LogP contribution in [0.5, 0.6) is 0 Å². The second-order valence-electron chi connectivity index (χ2n) is 8.72. The predicted molar refractivity (Wildman–Crippen MR) is 131 cm³/mol. The van der Waals surface area contributed by atoms with Crippen molar-refractivity contribution in [1.82, 2.24) is 14.1 Å². The number of anilines is 1. The van der Waals surface area contributed by atoms with Crippen LogP contribution < -0.4 is 10.5 Å². The molecule has 1 saturated heterocycles. The van der Waals surface area contributed by atoms with Gasteiger partial charge < -0.3 is 4.90 Å². The van der Waals surface area contributed by atoms with E-state index in [1.54, 1.807) is 16.4 Å². The molecule has 2 heterocycles. The van der Waals surface area contributed by atoms with Crippen molar-refractivity contribution in [1.29, 1.82) is 0 Å². The standard InChI is InChI=1S/C25H30N4O3S/c1-18-6-8-22(9-7-18)29-25(30)11-10-24(26-29)27-12-5-13-28(15-14-27)33(31,32)23-17-20(3)19(2)16-21(23)4/h6-11,16-17H,5,12-15H2,1-4H3. The maximum absolute atomic E-state index is 13.4. The van der Waals surface area contributed by atoms with Gasteiger partial charge >= 0.3 is 0 Å². The van der Waals surface area contributed by atoms with Gasteiger partial charge in [-0.15, -0.1) is 5.10 Å². The summed E-state index contributed by atoms with van der Waals surface area (Å²) in [5, 5.41) is 4.58. The summed E-state index contributed by atoms with van der Waals surface area (Å²) in [6.07, 6.45) is 0.675. The van der Waals surface area contributed by atoms with E-state index in [9.17, 15) is 13.2 Å². The van der Waals surface area contributed by atoms with Gasteiger partial charge in [-0.25, -0.2) is 8.42 Å². The van der Waals surface area contributed by atoms with E-state index < -0.39 is 10.0 Å². The van der Waals surface area contributed by atoms with Gasteiger partial charge in [-0.05, 0) is 75.1 Å². The molecule has 0 aliphatic carbocycles. The number of aromatic nitrogens is 2. The highest BCUT2D eigenvalue weighted by Gasteiger charge is 2.29. The van der Waals surface area contributed by atoms with Crippen LogP contribution in [0.4, 0.5) is 5.82 Å². The van der Waals surface area contributed by atoms with Gasteiger partial charge in [0.15, 0.2) is 0 Å². The Labute approximate surface area is 195 Å². The molecule has 7 nitrogen and oxygen atoms in total. The van der Waals surface area contributed by atoms with Crippen molar-refractivity contribution < 1.29 is 8.42 Å². The number of hydrogen-bond acceptors (Lipinski definition) is 5. The van der Waals surface area contributed by atoms with Crippen LogP contribution in [0.2, 0.25) is 0 Å². The smallest absolute Gasteiger partial charge is 0.271 e. The fraction of sp³-hybridized carbons (Fsp3) is 0.360. The van der Waals surface area contributed by atoms with Gasteiger partial charge in [0, 0.05) is 32.2 Å². The summed E-state index contributed by atoms with van der Waals surface area (Å²) in [5.74, 6) is 0.664. The lowest BCUT2D eigenvalue weighted by Crippen LogP contribution is -2.36. The maximum Gasteiger partial charge on any atom is 0.271 e. The molecular formula is C25H30N4O3S. The zero-order chi connectivity index (χ0) is 23.8. The molecule has 0 radical (unpaired) electrons. The molecule has 0 unspecified atom stereocenters. The molecule has 1 fully saturated rings. The lowest BCUT2D eigenvalue weighted by molar-refractivity contribution is 0.432. The first-order chi connectivity index (χ1) is 15.7. The van der Waals surface area contributed by atoms with Crippen LogP contribution >= 0.6 is 0 Å². The third kappa shape index (κ3) is 4.72. The molecule has 1 aliphatic heterocycles. The second-order valence-corrected chi connectivity index (χ2v) is 10.6. The first-order valence-electron chi connectivity index (χ1n) is 11.2. The van der Waals surface area contributed by atoms with Crippen LogP contribution in [-0.4, -0.2) is 48.7 Å². The van der Waals surface area contributed by atoms with Crippen molar-refractivity contribution in [2.45, 2.75) is 39.0 Å². The van der Waals surface area contributed by atoms with Crippen LogP contribution in [0.25, 0.3) is 5.69 Å². The number of sulfonamides is 1. The van der Waals surface area contributed by atoms with Gasteiger partial charge in [-0.3, -0.25) is 4.79 Å². The van der Waals surface area contributed by atoms with Gasteiger partial charge in [0.05, 0.1) is 10.6 Å². The van der Waals surface area contributed by atoms with Crippen molar-refractivity contribution in [2.75, 3.05) is 31.1 Å². The molecule has 2 aromatic carbocycles. The van der Waals surface area contributed by atoms with Gasteiger partial charge in [0.2, 0.25) is 10.0 Å². The van der Waals surface area contributed by atoms with Gasteiger partial charge in [-0.2, -0.15) is 8.99 Å². The Morgan fingerprint density at radius 1 is 0.788 bits per heavy atom. The molecule has 0 saturated carbocycles.